The second-order valence-electron chi connectivity index (χ2n) is 7.64. The number of halogens is 1. The van der Waals surface area contributed by atoms with Gasteiger partial charge in [-0.25, -0.2) is 13.1 Å². The van der Waals surface area contributed by atoms with Crippen molar-refractivity contribution in [2.75, 3.05) is 6.61 Å². The number of piperidine rings is 1. The fourth-order valence-electron chi connectivity index (χ4n) is 3.61. The van der Waals surface area contributed by atoms with Gasteiger partial charge >= 0.3 is 0 Å². The first-order valence-electron chi connectivity index (χ1n) is 8.18. The molecule has 0 spiro atoms. The minimum Gasteiger partial charge on any atom is -0.493 e. The molecule has 0 radical (unpaired) electrons. The lowest BCUT2D eigenvalue weighted by Crippen LogP contribution is -2.62. The molecule has 0 unspecified atom stereocenters. The maximum absolute atomic E-state index is 12.8. The molecule has 2 N–H and O–H groups in total. The summed E-state index contributed by atoms with van der Waals surface area (Å²) in [6.07, 6.45) is 1.48. The standard InChI is InChI=1S/C17H27BrN2O3S/c1-6-23-15-9-13(7-8-14(15)18)24(21,22)19-12-10-16(2,3)20-17(4,5)11-12/h7-9,12,19-20H,6,10-11H2,1-5H3. The Bertz CT molecular complexity index is 686. The van der Waals surface area contributed by atoms with Crippen LogP contribution in [0.4, 0.5) is 0 Å². The third-order valence-electron chi connectivity index (χ3n) is 4.02. The molecule has 24 heavy (non-hydrogen) atoms. The highest BCUT2D eigenvalue weighted by molar-refractivity contribution is 9.10. The van der Waals surface area contributed by atoms with E-state index in [1.165, 1.54) is 0 Å². The zero-order chi connectivity index (χ0) is 18.2. The van der Waals surface area contributed by atoms with Crippen LogP contribution in [-0.2, 0) is 10.0 Å². The van der Waals surface area contributed by atoms with Gasteiger partial charge in [-0.05, 0) is 75.5 Å². The minimum absolute atomic E-state index is 0.111. The monoisotopic (exact) mass is 418 g/mol. The van der Waals surface area contributed by atoms with Crippen LogP contribution in [0.25, 0.3) is 0 Å². The molecule has 1 aromatic carbocycles. The van der Waals surface area contributed by atoms with Crippen molar-refractivity contribution < 1.29 is 13.2 Å². The molecule has 0 aliphatic carbocycles. The Labute approximate surface area is 153 Å². The first-order valence-corrected chi connectivity index (χ1v) is 10.5. The van der Waals surface area contributed by atoms with E-state index in [0.717, 1.165) is 17.3 Å². The van der Waals surface area contributed by atoms with E-state index in [0.29, 0.717) is 12.4 Å². The average molecular weight is 419 g/mol. The highest BCUT2D eigenvalue weighted by atomic mass is 79.9. The summed E-state index contributed by atoms with van der Waals surface area (Å²) in [5.41, 5.74) is -0.240. The fraction of sp³-hybridized carbons (Fsp3) is 0.647. The Morgan fingerprint density at radius 1 is 1.25 bits per heavy atom. The van der Waals surface area contributed by atoms with E-state index in [1.54, 1.807) is 18.2 Å². The first-order chi connectivity index (χ1) is 10.9. The highest BCUT2D eigenvalue weighted by Gasteiger charge is 2.39. The van der Waals surface area contributed by atoms with Crippen LogP contribution in [0, 0.1) is 0 Å². The van der Waals surface area contributed by atoms with Gasteiger partial charge in [0.25, 0.3) is 0 Å². The third-order valence-corrected chi connectivity index (χ3v) is 6.20. The van der Waals surface area contributed by atoms with E-state index in [9.17, 15) is 8.42 Å². The van der Waals surface area contributed by atoms with Crippen molar-refractivity contribution in [1.82, 2.24) is 10.0 Å². The van der Waals surface area contributed by atoms with Crippen molar-refractivity contribution >= 4 is 26.0 Å². The molecule has 1 aliphatic heterocycles. The van der Waals surface area contributed by atoms with Crippen LogP contribution < -0.4 is 14.8 Å². The van der Waals surface area contributed by atoms with Gasteiger partial charge in [-0.15, -0.1) is 0 Å². The number of hydrogen-bond donors (Lipinski definition) is 2. The van der Waals surface area contributed by atoms with Gasteiger partial charge in [0, 0.05) is 23.2 Å². The van der Waals surface area contributed by atoms with E-state index in [-0.39, 0.29) is 22.0 Å². The second-order valence-corrected chi connectivity index (χ2v) is 10.2. The summed E-state index contributed by atoms with van der Waals surface area (Å²) in [5, 5.41) is 3.56. The van der Waals surface area contributed by atoms with Gasteiger partial charge < -0.3 is 10.1 Å². The molecule has 5 nitrogen and oxygen atoms in total. The molecule has 0 aromatic heterocycles. The average Bonchev–Trinajstić information content (AvgIpc) is 2.36. The predicted octanol–water partition coefficient (Wildman–Crippen LogP) is 3.44. The predicted molar refractivity (Wildman–Crippen MR) is 99.9 cm³/mol. The number of ether oxygens (including phenoxy) is 1. The van der Waals surface area contributed by atoms with Gasteiger partial charge in [0.1, 0.15) is 5.75 Å². The van der Waals surface area contributed by atoms with Crippen LogP contribution in [0.2, 0.25) is 0 Å². The number of nitrogens with one attached hydrogen (secondary N) is 2. The lowest BCUT2D eigenvalue weighted by atomic mass is 9.80. The van der Waals surface area contributed by atoms with Gasteiger partial charge in [0.2, 0.25) is 10.0 Å². The first kappa shape index (κ1) is 19.7. The molecule has 1 aliphatic rings. The largest absolute Gasteiger partial charge is 0.493 e. The molecule has 7 heteroatoms. The van der Waals surface area contributed by atoms with Gasteiger partial charge in [0.05, 0.1) is 16.0 Å². The van der Waals surface area contributed by atoms with Crippen molar-refractivity contribution in [2.24, 2.45) is 0 Å². The zero-order valence-corrected chi connectivity index (χ0v) is 17.3. The molecule has 0 saturated carbocycles. The SMILES string of the molecule is CCOc1cc(S(=O)(=O)NC2CC(C)(C)NC(C)(C)C2)ccc1Br. The van der Waals surface area contributed by atoms with Crippen LogP contribution >= 0.6 is 15.9 Å². The number of rotatable bonds is 5. The smallest absolute Gasteiger partial charge is 0.240 e. The van der Waals surface area contributed by atoms with Crippen LogP contribution in [0.3, 0.4) is 0 Å². The Hall–Kier alpha value is -0.630. The summed E-state index contributed by atoms with van der Waals surface area (Å²) >= 11 is 3.38. The molecule has 1 heterocycles. The molecule has 0 amide bonds. The van der Waals surface area contributed by atoms with Crippen LogP contribution in [-0.4, -0.2) is 32.1 Å². The summed E-state index contributed by atoms with van der Waals surface area (Å²) in [4.78, 5) is 0.225. The Morgan fingerprint density at radius 3 is 2.38 bits per heavy atom. The third kappa shape index (κ3) is 4.94. The van der Waals surface area contributed by atoms with Gasteiger partial charge in [-0.2, -0.15) is 0 Å². The molecule has 0 bridgehead atoms. The van der Waals surface area contributed by atoms with E-state index >= 15 is 0 Å². The van der Waals surface area contributed by atoms with Gasteiger partial charge in [-0.3, -0.25) is 0 Å². The lowest BCUT2D eigenvalue weighted by molar-refractivity contribution is 0.157. The van der Waals surface area contributed by atoms with E-state index in [1.807, 2.05) is 6.92 Å². The molecule has 1 aromatic rings. The highest BCUT2D eigenvalue weighted by Crippen LogP contribution is 2.31. The van der Waals surface area contributed by atoms with Crippen LogP contribution in [0.15, 0.2) is 27.6 Å². The second kappa shape index (κ2) is 6.94. The molecule has 0 atom stereocenters. The molecular weight excluding hydrogens is 392 g/mol. The Morgan fingerprint density at radius 2 is 1.83 bits per heavy atom. The Kier molecular flexibility index (Phi) is 5.69. The van der Waals surface area contributed by atoms with Gasteiger partial charge in [-0.1, -0.05) is 0 Å². The van der Waals surface area contributed by atoms with Crippen molar-refractivity contribution in [2.45, 2.75) is 69.5 Å². The normalized spacial score (nSPS) is 20.8. The van der Waals surface area contributed by atoms with E-state index in [4.69, 9.17) is 4.74 Å². The van der Waals surface area contributed by atoms with Crippen LogP contribution in [0.1, 0.15) is 47.5 Å². The topological polar surface area (TPSA) is 67.4 Å². The van der Waals surface area contributed by atoms with Gasteiger partial charge in [0.15, 0.2) is 0 Å². The maximum Gasteiger partial charge on any atom is 0.240 e. The minimum atomic E-state index is -3.60. The van der Waals surface area contributed by atoms with Crippen molar-refractivity contribution in [3.8, 4) is 5.75 Å². The molecule has 1 saturated heterocycles. The quantitative estimate of drug-likeness (QED) is 0.768. The van der Waals surface area contributed by atoms with Crippen LogP contribution in [0.5, 0.6) is 5.75 Å². The molecular formula is C17H27BrN2O3S. The van der Waals surface area contributed by atoms with E-state index < -0.39 is 10.0 Å². The van der Waals surface area contributed by atoms with Crippen molar-refractivity contribution in [3.63, 3.8) is 0 Å². The molecule has 136 valence electrons. The number of benzene rings is 1. The van der Waals surface area contributed by atoms with E-state index in [2.05, 4.69) is 53.7 Å². The number of hydrogen-bond acceptors (Lipinski definition) is 4. The number of sulfonamides is 1. The summed E-state index contributed by atoms with van der Waals surface area (Å²) in [6, 6.07) is 4.75. The lowest BCUT2D eigenvalue weighted by Gasteiger charge is -2.46. The van der Waals surface area contributed by atoms with Crippen molar-refractivity contribution in [3.05, 3.63) is 22.7 Å². The van der Waals surface area contributed by atoms with Crippen molar-refractivity contribution in [1.29, 1.82) is 0 Å². The summed E-state index contributed by atoms with van der Waals surface area (Å²) in [5.74, 6) is 0.534. The zero-order valence-electron chi connectivity index (χ0n) is 14.9. The molecule has 1 fully saturated rings. The summed E-state index contributed by atoms with van der Waals surface area (Å²) in [6.45, 7) is 10.7. The fourth-order valence-corrected chi connectivity index (χ4v) is 5.22. The summed E-state index contributed by atoms with van der Waals surface area (Å²) < 4.78 is 34.7. The summed E-state index contributed by atoms with van der Waals surface area (Å²) in [7, 11) is -3.60. The maximum atomic E-state index is 12.8. The Balaban J connectivity index is 2.23. The molecule has 2 rings (SSSR count).